The van der Waals surface area contributed by atoms with Crippen LogP contribution in [0.25, 0.3) is 0 Å². The summed E-state index contributed by atoms with van der Waals surface area (Å²) in [4.78, 5) is 82.3. The zero-order valence-electron chi connectivity index (χ0n) is 33.2. The second-order valence-electron chi connectivity index (χ2n) is 15.2. The van der Waals surface area contributed by atoms with Gasteiger partial charge >= 0.3 is 0 Å². The van der Waals surface area contributed by atoms with Gasteiger partial charge in [0.05, 0.1) is 43.9 Å². The summed E-state index contributed by atoms with van der Waals surface area (Å²) in [7, 11) is 0. The fourth-order valence-electron chi connectivity index (χ4n) is 6.86. The van der Waals surface area contributed by atoms with Crippen molar-refractivity contribution in [2.45, 2.75) is 109 Å². The third-order valence-electron chi connectivity index (χ3n) is 9.73. The van der Waals surface area contributed by atoms with Crippen LogP contribution in [0.5, 0.6) is 5.75 Å². The molecule has 2 aromatic carbocycles. The van der Waals surface area contributed by atoms with Crippen LogP contribution in [0.2, 0.25) is 0 Å². The van der Waals surface area contributed by atoms with Crippen molar-refractivity contribution in [3.05, 3.63) is 71.5 Å². The highest BCUT2D eigenvalue weighted by Crippen LogP contribution is 2.25. The number of nitrogens with one attached hydrogen (secondary N) is 4. The number of Topliss-reactive ketones (excluding diaryl/α,β-unsaturated/α-hetero) is 1. The molecule has 5 atom stereocenters. The summed E-state index contributed by atoms with van der Waals surface area (Å²) in [6.07, 6.45) is 1.07. The predicted octanol–water partition coefficient (Wildman–Crippen LogP) is 1.51. The summed E-state index contributed by atoms with van der Waals surface area (Å²) in [5.74, 6) is -3.04. The highest BCUT2D eigenvalue weighted by Gasteiger charge is 2.43. The van der Waals surface area contributed by atoms with E-state index in [0.717, 1.165) is 5.56 Å². The Morgan fingerprint density at radius 3 is 2.49 bits per heavy atom. The van der Waals surface area contributed by atoms with Crippen molar-refractivity contribution in [1.82, 2.24) is 46.4 Å². The Balaban J connectivity index is 1.24. The lowest BCUT2D eigenvalue weighted by molar-refractivity contribution is -0.143. The van der Waals surface area contributed by atoms with Crippen LogP contribution in [-0.2, 0) is 45.5 Å². The van der Waals surface area contributed by atoms with E-state index >= 15 is 0 Å². The predicted molar refractivity (Wildman–Crippen MR) is 206 cm³/mol. The van der Waals surface area contributed by atoms with Crippen molar-refractivity contribution < 1.29 is 38.2 Å². The van der Waals surface area contributed by atoms with Crippen molar-refractivity contribution in [2.75, 3.05) is 26.3 Å². The molecule has 3 aromatic rings. The van der Waals surface area contributed by atoms with Crippen molar-refractivity contribution in [3.63, 3.8) is 0 Å². The molecular weight excluding hydrogens is 734 g/mol. The number of hydrogen-bond acceptors (Lipinski definition) is 11. The second-order valence-corrected chi connectivity index (χ2v) is 15.2. The van der Waals surface area contributed by atoms with Gasteiger partial charge in [0.25, 0.3) is 5.91 Å². The average Bonchev–Trinajstić information content (AvgIpc) is 3.86. The maximum Gasteiger partial charge on any atom is 0.290 e. The monoisotopic (exact) mass is 787 g/mol. The Morgan fingerprint density at radius 2 is 1.77 bits per heavy atom. The van der Waals surface area contributed by atoms with Gasteiger partial charge in [-0.25, -0.2) is 4.68 Å². The van der Waals surface area contributed by atoms with Crippen LogP contribution >= 0.6 is 0 Å². The molecule has 5 amide bonds. The number of carbonyl (C=O) groups is 6. The van der Waals surface area contributed by atoms with Crippen LogP contribution in [0.4, 0.5) is 0 Å². The summed E-state index contributed by atoms with van der Waals surface area (Å²) in [5.41, 5.74) is 0.920. The lowest BCUT2D eigenvalue weighted by Crippen LogP contribution is -2.56. The van der Waals surface area contributed by atoms with E-state index in [-0.39, 0.29) is 38.1 Å². The first-order valence-electron chi connectivity index (χ1n) is 19.5. The summed E-state index contributed by atoms with van der Waals surface area (Å²) in [6.45, 7) is 9.56. The number of ketones is 1. The maximum atomic E-state index is 14.0. The molecule has 17 heteroatoms. The van der Waals surface area contributed by atoms with Crippen LogP contribution in [0, 0.1) is 0 Å². The van der Waals surface area contributed by atoms with Crippen molar-refractivity contribution in [2.24, 2.45) is 0 Å². The first kappa shape index (κ1) is 42.4. The molecule has 0 aliphatic carbocycles. The zero-order valence-corrected chi connectivity index (χ0v) is 33.2. The van der Waals surface area contributed by atoms with E-state index in [9.17, 15) is 28.8 Å². The standard InChI is InChI=1S/C40H53N9O8/c1-6-13-30(35(52)38(54)41-23-33(51)44-34(26-15-9-8-10-16-26)36-45-46-47-49(36)40(3,4)5)43-37(53)31-22-28-24-48(31)39(55)29(7-2)42-32(50)21-25-14-11-17-27(20-25)56-18-12-19-57-28/h8-11,14-17,20,28-31,34H,6-7,12-13,18-19,21-24H2,1-5H3,(H,41,54)(H,42,50)(H,43,53)(H,44,51)/t28-,29-,30?,31+,34?/m1/s1. The maximum absolute atomic E-state index is 14.0. The molecule has 0 saturated carbocycles. The van der Waals surface area contributed by atoms with E-state index in [4.69, 9.17) is 9.47 Å². The zero-order chi connectivity index (χ0) is 41.1. The summed E-state index contributed by atoms with van der Waals surface area (Å²) >= 11 is 0. The molecule has 2 unspecified atom stereocenters. The summed E-state index contributed by atoms with van der Waals surface area (Å²) in [6, 6.07) is 12.3. The van der Waals surface area contributed by atoms with E-state index in [0.29, 0.717) is 43.2 Å². The number of carbonyl (C=O) groups excluding carboxylic acids is 6. The molecular formula is C40H53N9O8. The van der Waals surface area contributed by atoms with Crippen LogP contribution in [0.3, 0.4) is 0 Å². The normalized spacial score (nSPS) is 20.1. The second kappa shape index (κ2) is 19.4. The molecule has 1 aromatic heterocycles. The van der Waals surface area contributed by atoms with Crippen molar-refractivity contribution >= 4 is 35.3 Å². The van der Waals surface area contributed by atoms with Gasteiger partial charge in [-0.05, 0) is 67.3 Å². The van der Waals surface area contributed by atoms with Crippen LogP contribution in [-0.4, -0.2) is 111 Å². The van der Waals surface area contributed by atoms with Gasteiger partial charge in [-0.2, -0.15) is 0 Å². The molecule has 1 saturated heterocycles. The van der Waals surface area contributed by atoms with Gasteiger partial charge in [0, 0.05) is 19.4 Å². The third-order valence-corrected chi connectivity index (χ3v) is 9.73. The Morgan fingerprint density at radius 1 is 1.00 bits per heavy atom. The average molecular weight is 788 g/mol. The quantitative estimate of drug-likeness (QED) is 0.193. The third kappa shape index (κ3) is 11.2. The molecule has 17 nitrogen and oxygen atoms in total. The van der Waals surface area contributed by atoms with Crippen molar-refractivity contribution in [3.8, 4) is 5.75 Å². The highest BCUT2D eigenvalue weighted by molar-refractivity contribution is 6.38. The van der Waals surface area contributed by atoms with Crippen LogP contribution < -0.4 is 26.0 Å². The molecule has 2 aliphatic rings. The van der Waals surface area contributed by atoms with Gasteiger partial charge in [0.2, 0.25) is 29.4 Å². The number of rotatable bonds is 12. The minimum Gasteiger partial charge on any atom is -0.493 e. The number of ether oxygens (including phenoxy) is 2. The number of tetrazole rings is 1. The van der Waals surface area contributed by atoms with Gasteiger partial charge in [0.15, 0.2) is 5.82 Å². The Hall–Kier alpha value is -5.71. The van der Waals surface area contributed by atoms with Crippen LogP contribution in [0.15, 0.2) is 54.6 Å². The van der Waals surface area contributed by atoms with Gasteiger partial charge in [-0.3, -0.25) is 28.8 Å². The first-order valence-corrected chi connectivity index (χ1v) is 19.5. The number of benzene rings is 2. The largest absolute Gasteiger partial charge is 0.493 e. The Bertz CT molecular complexity index is 1900. The number of amides is 5. The molecule has 1 fully saturated rings. The van der Waals surface area contributed by atoms with Gasteiger partial charge in [-0.15, -0.1) is 5.10 Å². The molecule has 2 aliphatic heterocycles. The lowest BCUT2D eigenvalue weighted by Gasteiger charge is -2.29. The van der Waals surface area contributed by atoms with Crippen LogP contribution in [0.1, 0.15) is 89.7 Å². The molecule has 5 rings (SSSR count). The molecule has 57 heavy (non-hydrogen) atoms. The molecule has 4 N–H and O–H groups in total. The number of aromatic nitrogens is 4. The fraction of sp³-hybridized carbons (Fsp3) is 0.525. The lowest BCUT2D eigenvalue weighted by atomic mass is 10.0. The van der Waals surface area contributed by atoms with Gasteiger partial charge < -0.3 is 35.6 Å². The SMILES string of the molecule is CCCC(NC(=O)[C@@H]1C[C@@H]2CN1C(=O)[C@@H](CC)NC(=O)Cc1cccc(c1)OCCCO2)C(=O)C(=O)NCC(=O)NC(c1ccccc1)c1nnnn1C(C)(C)C. The summed E-state index contributed by atoms with van der Waals surface area (Å²) < 4.78 is 13.5. The highest BCUT2D eigenvalue weighted by atomic mass is 16.5. The topological polar surface area (TPSA) is 216 Å². The smallest absolute Gasteiger partial charge is 0.290 e. The number of fused-ring (bicyclic) bond motifs is 4. The first-order chi connectivity index (χ1) is 27.3. The number of hydrogen-bond donors (Lipinski definition) is 4. The van der Waals surface area contributed by atoms with E-state index < -0.39 is 71.8 Å². The minimum absolute atomic E-state index is 0.0340. The summed E-state index contributed by atoms with van der Waals surface area (Å²) in [5, 5.41) is 22.9. The Kier molecular flexibility index (Phi) is 14.5. The fourth-order valence-corrected chi connectivity index (χ4v) is 6.86. The molecule has 0 radical (unpaired) electrons. The van der Waals surface area contributed by atoms with E-state index in [1.165, 1.54) is 4.90 Å². The van der Waals surface area contributed by atoms with Gasteiger partial charge in [0.1, 0.15) is 23.9 Å². The van der Waals surface area contributed by atoms with Crippen molar-refractivity contribution in [1.29, 1.82) is 0 Å². The minimum atomic E-state index is -1.23. The Labute approximate surface area is 332 Å². The van der Waals surface area contributed by atoms with E-state index in [2.05, 4.69) is 36.8 Å². The molecule has 0 spiro atoms. The molecule has 306 valence electrons. The van der Waals surface area contributed by atoms with Gasteiger partial charge in [-0.1, -0.05) is 62.7 Å². The number of nitrogens with zero attached hydrogens (tertiary/aromatic N) is 5. The van der Waals surface area contributed by atoms with E-state index in [1.54, 1.807) is 36.7 Å². The van der Waals surface area contributed by atoms with E-state index in [1.807, 2.05) is 57.2 Å². The molecule has 3 heterocycles. The molecule has 4 bridgehead atoms.